The summed E-state index contributed by atoms with van der Waals surface area (Å²) in [4.78, 5) is 5.62. The molecular formula is C12H9BrN2S2. The molecule has 1 aromatic heterocycles. The minimum atomic E-state index is 0.401. The lowest BCUT2D eigenvalue weighted by molar-refractivity contribution is 1.11. The van der Waals surface area contributed by atoms with E-state index < -0.39 is 0 Å². The molecule has 0 atom stereocenters. The van der Waals surface area contributed by atoms with Gasteiger partial charge >= 0.3 is 0 Å². The molecule has 5 heteroatoms. The highest BCUT2D eigenvalue weighted by molar-refractivity contribution is 9.10. The average molecular weight is 325 g/mol. The van der Waals surface area contributed by atoms with Crippen molar-refractivity contribution in [1.82, 2.24) is 4.98 Å². The Balaban J connectivity index is 1.95. The first-order valence-electron chi connectivity index (χ1n) is 4.96. The third-order valence-electron chi connectivity index (χ3n) is 2.02. The number of rotatable bonds is 4. The quantitative estimate of drug-likeness (QED) is 0.788. The summed E-state index contributed by atoms with van der Waals surface area (Å²) in [6.07, 6.45) is 0.401. The van der Waals surface area contributed by atoms with Crippen LogP contribution in [0.3, 0.4) is 0 Å². The van der Waals surface area contributed by atoms with Crippen LogP contribution in [0, 0.1) is 11.3 Å². The number of nitriles is 1. The first-order chi connectivity index (χ1) is 8.28. The molecule has 0 aliphatic carbocycles. The second kappa shape index (κ2) is 6.20. The van der Waals surface area contributed by atoms with E-state index >= 15 is 0 Å². The van der Waals surface area contributed by atoms with E-state index in [1.807, 2.05) is 17.5 Å². The van der Waals surface area contributed by atoms with E-state index in [0.717, 1.165) is 20.9 Å². The minimum absolute atomic E-state index is 0.401. The Bertz CT molecular complexity index is 545. The van der Waals surface area contributed by atoms with Crippen molar-refractivity contribution in [2.45, 2.75) is 17.1 Å². The van der Waals surface area contributed by atoms with E-state index in [9.17, 15) is 0 Å². The van der Waals surface area contributed by atoms with Crippen molar-refractivity contribution >= 4 is 39.0 Å². The molecule has 0 bridgehead atoms. The normalized spacial score (nSPS) is 10.1. The first-order valence-corrected chi connectivity index (χ1v) is 7.62. The van der Waals surface area contributed by atoms with Crippen LogP contribution in [0.25, 0.3) is 0 Å². The Morgan fingerprint density at radius 3 is 3.12 bits per heavy atom. The molecule has 2 rings (SSSR count). The van der Waals surface area contributed by atoms with Crippen LogP contribution in [0.15, 0.2) is 39.0 Å². The summed E-state index contributed by atoms with van der Waals surface area (Å²) in [5, 5.41) is 11.6. The van der Waals surface area contributed by atoms with Crippen molar-refractivity contribution in [3.63, 3.8) is 0 Å². The van der Waals surface area contributed by atoms with E-state index in [4.69, 9.17) is 5.26 Å². The molecule has 0 unspecified atom stereocenters. The molecule has 2 nitrogen and oxygen atoms in total. The fourth-order valence-corrected chi connectivity index (χ4v) is 3.60. The molecule has 0 aliphatic rings. The number of nitrogens with zero attached hydrogens (tertiary/aromatic N) is 2. The van der Waals surface area contributed by atoms with Crippen molar-refractivity contribution in [1.29, 1.82) is 5.26 Å². The molecule has 0 radical (unpaired) electrons. The Labute approximate surface area is 117 Å². The lowest BCUT2D eigenvalue weighted by Crippen LogP contribution is -1.83. The Morgan fingerprint density at radius 2 is 2.35 bits per heavy atom. The van der Waals surface area contributed by atoms with Gasteiger partial charge in [-0.1, -0.05) is 22.0 Å². The predicted octanol–water partition coefficient (Wildman–Crippen LogP) is 4.26. The van der Waals surface area contributed by atoms with Gasteiger partial charge in [0.25, 0.3) is 0 Å². The summed E-state index contributed by atoms with van der Waals surface area (Å²) in [6, 6.07) is 10.3. The summed E-state index contributed by atoms with van der Waals surface area (Å²) in [7, 11) is 0. The molecule has 1 heterocycles. The number of hydrogen-bond acceptors (Lipinski definition) is 4. The Hall–Kier alpha value is -0.830. The third-order valence-corrected chi connectivity index (χ3v) is 4.60. The van der Waals surface area contributed by atoms with Crippen LogP contribution in [0.5, 0.6) is 0 Å². The molecule has 0 aliphatic heterocycles. The molecule has 17 heavy (non-hydrogen) atoms. The van der Waals surface area contributed by atoms with E-state index in [1.165, 1.54) is 4.90 Å². The van der Waals surface area contributed by atoms with Gasteiger partial charge in [0.05, 0.1) is 23.9 Å². The van der Waals surface area contributed by atoms with Gasteiger partial charge in [-0.05, 0) is 18.2 Å². The topological polar surface area (TPSA) is 36.7 Å². The van der Waals surface area contributed by atoms with Crippen LogP contribution >= 0.6 is 39.0 Å². The zero-order chi connectivity index (χ0) is 12.1. The van der Waals surface area contributed by atoms with Crippen LogP contribution in [0.1, 0.15) is 10.7 Å². The standard InChI is InChI=1S/C12H9BrN2S2/c13-9-2-1-3-11(6-9)16-8-12-15-10(4-5-14)7-17-12/h1-3,6-7H,4,8H2. The highest BCUT2D eigenvalue weighted by Crippen LogP contribution is 2.26. The van der Waals surface area contributed by atoms with E-state index in [2.05, 4.69) is 39.1 Å². The minimum Gasteiger partial charge on any atom is -0.244 e. The maximum Gasteiger partial charge on any atom is 0.103 e. The molecule has 1 aromatic carbocycles. The van der Waals surface area contributed by atoms with Gasteiger partial charge in [0.15, 0.2) is 0 Å². The summed E-state index contributed by atoms with van der Waals surface area (Å²) >= 11 is 6.82. The molecule has 0 saturated carbocycles. The molecule has 0 saturated heterocycles. The summed E-state index contributed by atoms with van der Waals surface area (Å²) in [5.74, 6) is 0.854. The van der Waals surface area contributed by atoms with Gasteiger partial charge in [0.2, 0.25) is 0 Å². The van der Waals surface area contributed by atoms with Crippen LogP contribution in [-0.2, 0) is 12.2 Å². The lowest BCUT2D eigenvalue weighted by atomic mass is 10.4. The molecule has 2 aromatic rings. The second-order valence-electron chi connectivity index (χ2n) is 3.31. The number of aromatic nitrogens is 1. The zero-order valence-corrected chi connectivity index (χ0v) is 12.1. The molecule has 0 fully saturated rings. The molecule has 0 N–H and O–H groups in total. The maximum atomic E-state index is 8.57. The number of hydrogen-bond donors (Lipinski definition) is 0. The van der Waals surface area contributed by atoms with Gasteiger partial charge in [-0.3, -0.25) is 0 Å². The van der Waals surface area contributed by atoms with Gasteiger partial charge in [-0.25, -0.2) is 4.98 Å². The third kappa shape index (κ3) is 3.84. The number of benzene rings is 1. The number of thiazole rings is 1. The highest BCUT2D eigenvalue weighted by Gasteiger charge is 2.03. The second-order valence-corrected chi connectivity index (χ2v) is 6.22. The van der Waals surface area contributed by atoms with Crippen molar-refractivity contribution in [3.05, 3.63) is 44.8 Å². The van der Waals surface area contributed by atoms with Crippen LogP contribution in [0.4, 0.5) is 0 Å². The summed E-state index contributed by atoms with van der Waals surface area (Å²) < 4.78 is 1.09. The highest BCUT2D eigenvalue weighted by atomic mass is 79.9. The van der Waals surface area contributed by atoms with Crippen LogP contribution < -0.4 is 0 Å². The van der Waals surface area contributed by atoms with Gasteiger partial charge < -0.3 is 0 Å². The van der Waals surface area contributed by atoms with Crippen LogP contribution in [0.2, 0.25) is 0 Å². The summed E-state index contributed by atoms with van der Waals surface area (Å²) in [5.41, 5.74) is 0.877. The van der Waals surface area contributed by atoms with Crippen molar-refractivity contribution in [2.75, 3.05) is 0 Å². The van der Waals surface area contributed by atoms with Gasteiger partial charge in [0.1, 0.15) is 5.01 Å². The maximum absolute atomic E-state index is 8.57. The predicted molar refractivity (Wildman–Crippen MR) is 75.1 cm³/mol. The fraction of sp³-hybridized carbons (Fsp3) is 0.167. The van der Waals surface area contributed by atoms with Gasteiger partial charge in [-0.15, -0.1) is 23.1 Å². The monoisotopic (exact) mass is 324 g/mol. The SMILES string of the molecule is N#CCc1csc(CSc2cccc(Br)c2)n1. The van der Waals surface area contributed by atoms with Crippen molar-refractivity contribution in [3.8, 4) is 6.07 Å². The molecular weight excluding hydrogens is 316 g/mol. The van der Waals surface area contributed by atoms with E-state index in [1.54, 1.807) is 23.1 Å². The Kier molecular flexibility index (Phi) is 4.60. The molecule has 0 amide bonds. The number of halogens is 1. The average Bonchev–Trinajstić information content (AvgIpc) is 2.75. The largest absolute Gasteiger partial charge is 0.244 e. The fourth-order valence-electron chi connectivity index (χ4n) is 1.28. The van der Waals surface area contributed by atoms with E-state index in [0.29, 0.717) is 6.42 Å². The first kappa shape index (κ1) is 12.6. The van der Waals surface area contributed by atoms with Crippen molar-refractivity contribution in [2.24, 2.45) is 0 Å². The van der Waals surface area contributed by atoms with E-state index in [-0.39, 0.29) is 0 Å². The lowest BCUT2D eigenvalue weighted by Gasteiger charge is -1.99. The summed E-state index contributed by atoms with van der Waals surface area (Å²) in [6.45, 7) is 0. The zero-order valence-electron chi connectivity index (χ0n) is 8.89. The Morgan fingerprint density at radius 1 is 1.47 bits per heavy atom. The van der Waals surface area contributed by atoms with Gasteiger partial charge in [-0.2, -0.15) is 5.26 Å². The molecule has 0 spiro atoms. The number of thioether (sulfide) groups is 1. The van der Waals surface area contributed by atoms with Crippen LogP contribution in [-0.4, -0.2) is 4.98 Å². The van der Waals surface area contributed by atoms with Crippen molar-refractivity contribution < 1.29 is 0 Å². The van der Waals surface area contributed by atoms with Gasteiger partial charge in [0, 0.05) is 14.7 Å². The molecule has 86 valence electrons. The smallest absolute Gasteiger partial charge is 0.103 e.